The van der Waals surface area contributed by atoms with E-state index in [-0.39, 0.29) is 17.9 Å². The largest absolute Gasteiger partial charge is 0.481 e. The molecule has 1 saturated heterocycles. The Morgan fingerprint density at radius 1 is 1.40 bits per heavy atom. The van der Waals surface area contributed by atoms with Crippen LogP contribution in [0.25, 0.3) is 6.08 Å². The zero-order chi connectivity index (χ0) is 14.7. The number of amides is 2. The van der Waals surface area contributed by atoms with Crippen LogP contribution in [-0.4, -0.2) is 33.7 Å². The summed E-state index contributed by atoms with van der Waals surface area (Å²) >= 11 is 6.64. The Hall–Kier alpha value is -1.79. The SMILES string of the molecule is O=C(O)CCN1C(=O)S/C(=C\c2cccc(Cl)c2)C1=O. The summed E-state index contributed by atoms with van der Waals surface area (Å²) in [6.07, 6.45) is 1.31. The number of imide groups is 1. The molecule has 0 atom stereocenters. The van der Waals surface area contributed by atoms with E-state index in [4.69, 9.17) is 16.7 Å². The van der Waals surface area contributed by atoms with Crippen molar-refractivity contribution in [3.8, 4) is 0 Å². The van der Waals surface area contributed by atoms with Gasteiger partial charge in [-0.25, -0.2) is 0 Å². The van der Waals surface area contributed by atoms with Gasteiger partial charge in [-0.3, -0.25) is 19.3 Å². The van der Waals surface area contributed by atoms with Crippen LogP contribution in [0.4, 0.5) is 4.79 Å². The number of hydrogen-bond donors (Lipinski definition) is 1. The molecule has 2 amide bonds. The van der Waals surface area contributed by atoms with Crippen LogP contribution in [0.15, 0.2) is 29.2 Å². The van der Waals surface area contributed by atoms with Gasteiger partial charge in [-0.15, -0.1) is 0 Å². The predicted molar refractivity (Wildman–Crippen MR) is 76.4 cm³/mol. The van der Waals surface area contributed by atoms with Crippen LogP contribution < -0.4 is 0 Å². The van der Waals surface area contributed by atoms with E-state index >= 15 is 0 Å². The van der Waals surface area contributed by atoms with Gasteiger partial charge in [-0.1, -0.05) is 23.7 Å². The molecule has 1 aliphatic rings. The molecule has 7 heteroatoms. The van der Waals surface area contributed by atoms with Gasteiger partial charge in [0.1, 0.15) is 0 Å². The third-order valence-corrected chi connectivity index (χ3v) is 3.71. The summed E-state index contributed by atoms with van der Waals surface area (Å²) in [6.45, 7) is -0.118. The van der Waals surface area contributed by atoms with E-state index in [1.807, 2.05) is 0 Å². The molecule has 1 fully saturated rings. The number of benzene rings is 1. The van der Waals surface area contributed by atoms with Crippen molar-refractivity contribution in [2.45, 2.75) is 6.42 Å². The van der Waals surface area contributed by atoms with Crippen molar-refractivity contribution in [2.75, 3.05) is 6.54 Å². The molecule has 0 unspecified atom stereocenters. The molecule has 1 heterocycles. The first-order valence-corrected chi connectivity index (χ1v) is 6.89. The number of nitrogens with zero attached hydrogens (tertiary/aromatic N) is 1. The maximum absolute atomic E-state index is 12.0. The molecule has 0 aromatic heterocycles. The zero-order valence-corrected chi connectivity index (χ0v) is 11.8. The fraction of sp³-hybridized carbons (Fsp3) is 0.154. The smallest absolute Gasteiger partial charge is 0.305 e. The third-order valence-electron chi connectivity index (χ3n) is 2.57. The van der Waals surface area contributed by atoms with E-state index < -0.39 is 17.1 Å². The molecule has 0 bridgehead atoms. The van der Waals surface area contributed by atoms with Crippen LogP contribution in [0.2, 0.25) is 5.02 Å². The van der Waals surface area contributed by atoms with E-state index in [2.05, 4.69) is 0 Å². The van der Waals surface area contributed by atoms with Crippen LogP contribution in [0, 0.1) is 0 Å². The number of carboxylic acid groups (broad SMARTS) is 1. The van der Waals surface area contributed by atoms with Crippen molar-refractivity contribution in [3.05, 3.63) is 39.8 Å². The molecule has 1 N–H and O–H groups in total. The van der Waals surface area contributed by atoms with Crippen LogP contribution in [0.3, 0.4) is 0 Å². The van der Waals surface area contributed by atoms with Crippen molar-refractivity contribution in [2.24, 2.45) is 0 Å². The molecule has 5 nitrogen and oxygen atoms in total. The second kappa shape index (κ2) is 6.11. The van der Waals surface area contributed by atoms with Gasteiger partial charge in [0.2, 0.25) is 0 Å². The first kappa shape index (κ1) is 14.6. The van der Waals surface area contributed by atoms with Gasteiger partial charge in [0.15, 0.2) is 0 Å². The summed E-state index contributed by atoms with van der Waals surface area (Å²) in [4.78, 5) is 35.4. The standard InChI is InChI=1S/C13H10ClNO4S/c14-9-3-1-2-8(6-9)7-10-12(18)15(13(19)20-10)5-4-11(16)17/h1-3,6-7H,4-5H2,(H,16,17)/b10-7-. The van der Waals surface area contributed by atoms with Crippen LogP contribution in [0.5, 0.6) is 0 Å². The van der Waals surface area contributed by atoms with Crippen molar-refractivity contribution in [1.29, 1.82) is 0 Å². The Bertz CT molecular complexity index is 614. The molecule has 104 valence electrons. The number of aliphatic carboxylic acids is 1. The maximum Gasteiger partial charge on any atom is 0.305 e. The van der Waals surface area contributed by atoms with E-state index in [9.17, 15) is 14.4 Å². The Balaban J connectivity index is 2.17. The Kier molecular flexibility index (Phi) is 4.46. The first-order valence-electron chi connectivity index (χ1n) is 5.70. The van der Waals surface area contributed by atoms with E-state index in [1.165, 1.54) is 0 Å². The highest BCUT2D eigenvalue weighted by Gasteiger charge is 2.34. The number of hydrogen-bond acceptors (Lipinski definition) is 4. The fourth-order valence-electron chi connectivity index (χ4n) is 1.65. The summed E-state index contributed by atoms with van der Waals surface area (Å²) in [6, 6.07) is 6.88. The molecule has 0 aliphatic carbocycles. The highest BCUT2D eigenvalue weighted by Crippen LogP contribution is 2.32. The van der Waals surface area contributed by atoms with Crippen LogP contribution in [-0.2, 0) is 9.59 Å². The Labute approximate surface area is 124 Å². The minimum atomic E-state index is -1.05. The number of carbonyl (C=O) groups is 3. The van der Waals surface area contributed by atoms with Gasteiger partial charge in [0, 0.05) is 11.6 Å². The number of rotatable bonds is 4. The monoisotopic (exact) mass is 311 g/mol. The highest BCUT2D eigenvalue weighted by atomic mass is 35.5. The Morgan fingerprint density at radius 2 is 2.15 bits per heavy atom. The third kappa shape index (κ3) is 3.40. The van der Waals surface area contributed by atoms with Crippen molar-refractivity contribution >= 4 is 46.6 Å². The number of carbonyl (C=O) groups excluding carboxylic acids is 2. The second-order valence-corrected chi connectivity index (χ2v) is 5.46. The molecule has 0 spiro atoms. The number of thioether (sulfide) groups is 1. The van der Waals surface area contributed by atoms with Gasteiger partial charge in [-0.05, 0) is 35.5 Å². The lowest BCUT2D eigenvalue weighted by Gasteiger charge is -2.09. The maximum atomic E-state index is 12.0. The van der Waals surface area contributed by atoms with Crippen LogP contribution in [0.1, 0.15) is 12.0 Å². The molecule has 0 saturated carbocycles. The average Bonchev–Trinajstić information content (AvgIpc) is 2.62. The lowest BCUT2D eigenvalue weighted by atomic mass is 10.2. The van der Waals surface area contributed by atoms with Gasteiger partial charge >= 0.3 is 5.97 Å². The fourth-order valence-corrected chi connectivity index (χ4v) is 2.71. The minimum Gasteiger partial charge on any atom is -0.481 e. The van der Waals surface area contributed by atoms with Crippen molar-refractivity contribution < 1.29 is 19.5 Å². The zero-order valence-electron chi connectivity index (χ0n) is 10.2. The quantitative estimate of drug-likeness (QED) is 0.865. The van der Waals surface area contributed by atoms with Gasteiger partial charge in [0.05, 0.1) is 11.3 Å². The van der Waals surface area contributed by atoms with Crippen molar-refractivity contribution in [3.63, 3.8) is 0 Å². The Morgan fingerprint density at radius 3 is 2.80 bits per heavy atom. The first-order chi connectivity index (χ1) is 9.47. The molecule has 0 radical (unpaired) electrons. The van der Waals surface area contributed by atoms with Gasteiger partial charge in [-0.2, -0.15) is 0 Å². The van der Waals surface area contributed by atoms with E-state index in [0.29, 0.717) is 10.6 Å². The second-order valence-electron chi connectivity index (χ2n) is 4.03. The van der Waals surface area contributed by atoms with Gasteiger partial charge < -0.3 is 5.11 Å². The predicted octanol–water partition coefficient (Wildman–Crippen LogP) is 2.85. The van der Waals surface area contributed by atoms with Crippen molar-refractivity contribution in [1.82, 2.24) is 4.90 Å². The summed E-state index contributed by atoms with van der Waals surface area (Å²) in [5.41, 5.74) is 0.709. The lowest BCUT2D eigenvalue weighted by molar-refractivity contribution is -0.137. The average molecular weight is 312 g/mol. The highest BCUT2D eigenvalue weighted by molar-refractivity contribution is 8.18. The summed E-state index contributed by atoms with van der Waals surface area (Å²) < 4.78 is 0. The number of carboxylic acids is 1. The summed E-state index contributed by atoms with van der Waals surface area (Å²) in [5.74, 6) is -1.52. The lowest BCUT2D eigenvalue weighted by Crippen LogP contribution is -2.30. The molecule has 1 aromatic carbocycles. The molecule has 1 aromatic rings. The minimum absolute atomic E-state index is 0.118. The molecule has 1 aliphatic heterocycles. The topological polar surface area (TPSA) is 74.7 Å². The molecular formula is C13H10ClNO4S. The van der Waals surface area contributed by atoms with Crippen LogP contribution >= 0.6 is 23.4 Å². The number of halogens is 1. The van der Waals surface area contributed by atoms with Gasteiger partial charge in [0.25, 0.3) is 11.1 Å². The summed E-state index contributed by atoms with van der Waals surface area (Å²) in [7, 11) is 0. The molecule has 20 heavy (non-hydrogen) atoms. The normalized spacial score (nSPS) is 17.1. The molecular weight excluding hydrogens is 302 g/mol. The summed E-state index contributed by atoms with van der Waals surface area (Å²) in [5, 5.41) is 8.67. The van der Waals surface area contributed by atoms with E-state index in [1.54, 1.807) is 30.3 Å². The molecule has 2 rings (SSSR count). The van der Waals surface area contributed by atoms with E-state index in [0.717, 1.165) is 16.7 Å².